The lowest BCUT2D eigenvalue weighted by Crippen LogP contribution is -2.27. The fourth-order valence-electron chi connectivity index (χ4n) is 2.39. The van der Waals surface area contributed by atoms with Crippen LogP contribution in [-0.2, 0) is 4.57 Å². The molecule has 0 radical (unpaired) electrons. The molecule has 0 aliphatic carbocycles. The second-order valence-corrected chi connectivity index (χ2v) is 9.39. The summed E-state index contributed by atoms with van der Waals surface area (Å²) in [7, 11) is -2.49. The Balaban J connectivity index is 2.73. The summed E-state index contributed by atoms with van der Waals surface area (Å²) in [5.74, 6) is 0. The fraction of sp³-hybridized carbons (Fsp3) is 0.647. The van der Waals surface area contributed by atoms with Crippen LogP contribution in [0.1, 0.15) is 53.4 Å². The Hall–Kier alpha value is -0.590. The molecule has 1 aromatic rings. The predicted octanol–water partition coefficient (Wildman–Crippen LogP) is 4.81. The van der Waals surface area contributed by atoms with Crippen molar-refractivity contribution in [2.45, 2.75) is 53.4 Å². The quantitative estimate of drug-likeness (QED) is 0.551. The van der Waals surface area contributed by atoms with Crippen LogP contribution in [0.2, 0.25) is 0 Å². The standard InChI is InChI=1S/C17H30NOP/c1-5-6-7-11-14-18-20(19,15-17(2,3)4)16-12-9-8-10-13-16/h8-10,12-13H,5-7,11,14-15H2,1-4H3,(H,18,19). The Morgan fingerprint density at radius 3 is 2.25 bits per heavy atom. The summed E-state index contributed by atoms with van der Waals surface area (Å²) in [4.78, 5) is 0. The van der Waals surface area contributed by atoms with Gasteiger partial charge in [-0.05, 0) is 11.8 Å². The van der Waals surface area contributed by atoms with Gasteiger partial charge in [0.05, 0.1) is 0 Å². The Labute approximate surface area is 124 Å². The van der Waals surface area contributed by atoms with Crippen molar-refractivity contribution in [1.29, 1.82) is 0 Å². The molecular formula is C17H30NOP. The molecule has 1 aromatic carbocycles. The third-order valence-electron chi connectivity index (χ3n) is 3.27. The molecule has 0 aliphatic rings. The van der Waals surface area contributed by atoms with Gasteiger partial charge in [0.2, 0.25) is 0 Å². The Kier molecular flexibility index (Phi) is 6.99. The Bertz CT molecular complexity index is 422. The molecule has 1 rings (SSSR count). The first-order valence-corrected chi connectivity index (χ1v) is 9.66. The molecule has 0 spiro atoms. The molecule has 2 nitrogen and oxygen atoms in total. The minimum absolute atomic E-state index is 0.0573. The molecule has 3 heteroatoms. The van der Waals surface area contributed by atoms with Gasteiger partial charge in [-0.3, -0.25) is 5.09 Å². The summed E-state index contributed by atoms with van der Waals surface area (Å²) >= 11 is 0. The summed E-state index contributed by atoms with van der Waals surface area (Å²) < 4.78 is 13.4. The van der Waals surface area contributed by atoms with Crippen LogP contribution in [0.5, 0.6) is 0 Å². The first kappa shape index (κ1) is 17.5. The van der Waals surface area contributed by atoms with Gasteiger partial charge in [-0.25, -0.2) is 0 Å². The van der Waals surface area contributed by atoms with Gasteiger partial charge >= 0.3 is 0 Å². The topological polar surface area (TPSA) is 29.1 Å². The van der Waals surface area contributed by atoms with Gasteiger partial charge < -0.3 is 4.57 Å². The van der Waals surface area contributed by atoms with Crippen LogP contribution in [0, 0.1) is 5.41 Å². The van der Waals surface area contributed by atoms with Gasteiger partial charge in [-0.1, -0.05) is 77.3 Å². The molecule has 0 aliphatic heterocycles. The SMILES string of the molecule is CCCCCCNP(=O)(CC(C)(C)C)c1ccccc1. The minimum Gasteiger partial charge on any atom is -0.302 e. The van der Waals surface area contributed by atoms with E-state index in [2.05, 4.69) is 32.8 Å². The molecule has 0 heterocycles. The summed E-state index contributed by atoms with van der Waals surface area (Å²) in [6.07, 6.45) is 5.52. The maximum atomic E-state index is 13.4. The average molecular weight is 295 g/mol. The van der Waals surface area contributed by atoms with E-state index in [4.69, 9.17) is 0 Å². The van der Waals surface area contributed by atoms with Crippen molar-refractivity contribution < 1.29 is 4.57 Å². The molecule has 0 fully saturated rings. The minimum atomic E-state index is -2.49. The zero-order valence-corrected chi connectivity index (χ0v) is 14.4. The van der Waals surface area contributed by atoms with E-state index in [0.717, 1.165) is 18.3 Å². The first-order chi connectivity index (χ1) is 9.37. The van der Waals surface area contributed by atoms with Crippen LogP contribution in [0.4, 0.5) is 0 Å². The molecule has 0 aromatic heterocycles. The highest BCUT2D eigenvalue weighted by Crippen LogP contribution is 2.45. The number of hydrogen-bond donors (Lipinski definition) is 1. The van der Waals surface area contributed by atoms with E-state index in [9.17, 15) is 4.57 Å². The third kappa shape index (κ3) is 6.24. The molecule has 0 saturated carbocycles. The summed E-state index contributed by atoms with van der Waals surface area (Å²) in [5, 5.41) is 4.35. The van der Waals surface area contributed by atoms with Crippen LogP contribution < -0.4 is 10.4 Å². The molecule has 0 bridgehead atoms. The number of benzene rings is 1. The predicted molar refractivity (Wildman–Crippen MR) is 90.1 cm³/mol. The van der Waals surface area contributed by atoms with Gasteiger partial charge in [-0.2, -0.15) is 0 Å². The number of hydrogen-bond acceptors (Lipinski definition) is 1. The maximum absolute atomic E-state index is 13.4. The lowest BCUT2D eigenvalue weighted by atomic mass is 10.0. The summed E-state index contributed by atoms with van der Waals surface area (Å²) in [5.41, 5.74) is 0.0573. The molecule has 114 valence electrons. The fourth-order valence-corrected chi connectivity index (χ4v) is 5.37. The number of rotatable bonds is 8. The van der Waals surface area contributed by atoms with Gasteiger partial charge in [0.25, 0.3) is 0 Å². The second kappa shape index (κ2) is 8.00. The van der Waals surface area contributed by atoms with Gasteiger partial charge in [0, 0.05) is 18.0 Å². The van der Waals surface area contributed by atoms with Crippen LogP contribution in [0.3, 0.4) is 0 Å². The smallest absolute Gasteiger partial charge is 0.176 e. The zero-order chi connectivity index (χ0) is 15.1. The molecule has 1 atom stereocenters. The van der Waals surface area contributed by atoms with E-state index in [0.29, 0.717) is 6.16 Å². The largest absolute Gasteiger partial charge is 0.302 e. The lowest BCUT2D eigenvalue weighted by molar-refractivity contribution is 0.459. The van der Waals surface area contributed by atoms with E-state index in [-0.39, 0.29) is 5.41 Å². The van der Waals surface area contributed by atoms with Crippen LogP contribution in [0.15, 0.2) is 30.3 Å². The lowest BCUT2D eigenvalue weighted by Gasteiger charge is -2.27. The molecule has 1 unspecified atom stereocenters. The summed E-state index contributed by atoms with van der Waals surface area (Å²) in [6.45, 7) is 9.52. The first-order valence-electron chi connectivity index (χ1n) is 7.77. The van der Waals surface area contributed by atoms with Gasteiger partial charge in [-0.15, -0.1) is 0 Å². The van der Waals surface area contributed by atoms with Crippen molar-refractivity contribution >= 4 is 12.6 Å². The Morgan fingerprint density at radius 2 is 1.70 bits per heavy atom. The third-order valence-corrected chi connectivity index (χ3v) is 6.53. The van der Waals surface area contributed by atoms with E-state index >= 15 is 0 Å². The molecule has 1 N–H and O–H groups in total. The molecular weight excluding hydrogens is 265 g/mol. The van der Waals surface area contributed by atoms with E-state index in [1.54, 1.807) is 0 Å². The second-order valence-electron chi connectivity index (χ2n) is 6.76. The van der Waals surface area contributed by atoms with Crippen LogP contribution in [0.25, 0.3) is 0 Å². The average Bonchev–Trinajstić information content (AvgIpc) is 2.37. The van der Waals surface area contributed by atoms with Crippen molar-refractivity contribution in [1.82, 2.24) is 5.09 Å². The highest BCUT2D eigenvalue weighted by molar-refractivity contribution is 7.69. The van der Waals surface area contributed by atoms with Crippen molar-refractivity contribution in [2.24, 2.45) is 5.41 Å². The molecule has 20 heavy (non-hydrogen) atoms. The van der Waals surface area contributed by atoms with Gasteiger partial charge in [0.15, 0.2) is 7.29 Å². The molecule has 0 saturated heterocycles. The number of nitrogens with one attached hydrogen (secondary N) is 1. The summed E-state index contributed by atoms with van der Waals surface area (Å²) in [6, 6.07) is 9.91. The van der Waals surface area contributed by atoms with Crippen LogP contribution in [-0.4, -0.2) is 12.7 Å². The van der Waals surface area contributed by atoms with E-state index in [1.165, 1.54) is 19.3 Å². The van der Waals surface area contributed by atoms with Crippen molar-refractivity contribution in [2.75, 3.05) is 12.7 Å². The highest BCUT2D eigenvalue weighted by Gasteiger charge is 2.29. The highest BCUT2D eigenvalue weighted by atomic mass is 31.2. The Morgan fingerprint density at radius 1 is 1.05 bits per heavy atom. The van der Waals surface area contributed by atoms with Crippen molar-refractivity contribution in [3.8, 4) is 0 Å². The van der Waals surface area contributed by atoms with E-state index in [1.807, 2.05) is 30.3 Å². The molecule has 0 amide bonds. The van der Waals surface area contributed by atoms with E-state index < -0.39 is 7.29 Å². The zero-order valence-electron chi connectivity index (χ0n) is 13.5. The van der Waals surface area contributed by atoms with Crippen molar-refractivity contribution in [3.63, 3.8) is 0 Å². The number of unbranched alkanes of at least 4 members (excludes halogenated alkanes) is 3. The van der Waals surface area contributed by atoms with Crippen molar-refractivity contribution in [3.05, 3.63) is 30.3 Å². The maximum Gasteiger partial charge on any atom is 0.176 e. The monoisotopic (exact) mass is 295 g/mol. The van der Waals surface area contributed by atoms with Gasteiger partial charge in [0.1, 0.15) is 0 Å². The normalized spacial score (nSPS) is 15.0. The van der Waals surface area contributed by atoms with Crippen LogP contribution >= 0.6 is 7.29 Å².